The van der Waals surface area contributed by atoms with Crippen LogP contribution >= 0.6 is 15.9 Å². The molecule has 0 radical (unpaired) electrons. The lowest BCUT2D eigenvalue weighted by Gasteiger charge is -2.18. The topological polar surface area (TPSA) is 59.7 Å². The molecule has 0 aliphatic heterocycles. The zero-order chi connectivity index (χ0) is 22.7. The minimum absolute atomic E-state index is 0.0163. The Balaban J connectivity index is 2.16. The van der Waals surface area contributed by atoms with Crippen LogP contribution in [0.25, 0.3) is 10.9 Å². The second kappa shape index (κ2) is 9.64. The summed E-state index contributed by atoms with van der Waals surface area (Å²) in [6.45, 7) is 8.10. The molecule has 0 unspecified atom stereocenters. The molecular formula is C24H29BrN4O2. The first kappa shape index (κ1) is 23.0. The summed E-state index contributed by atoms with van der Waals surface area (Å²) in [6.07, 6.45) is 2.54. The lowest BCUT2D eigenvalue weighted by Crippen LogP contribution is -2.23. The first-order valence-corrected chi connectivity index (χ1v) is 11.2. The number of ether oxygens (including phenoxy) is 1. The van der Waals surface area contributed by atoms with Crippen molar-refractivity contribution in [1.82, 2.24) is 9.66 Å². The summed E-state index contributed by atoms with van der Waals surface area (Å²) in [5.41, 5.74) is 2.32. The van der Waals surface area contributed by atoms with E-state index in [2.05, 4.69) is 34.9 Å². The molecule has 0 N–H and O–H groups in total. The van der Waals surface area contributed by atoms with Gasteiger partial charge in [0, 0.05) is 41.8 Å². The minimum Gasteiger partial charge on any atom is -0.490 e. The molecule has 164 valence electrons. The van der Waals surface area contributed by atoms with E-state index in [1.165, 1.54) is 4.68 Å². The van der Waals surface area contributed by atoms with Crippen LogP contribution in [0.2, 0.25) is 0 Å². The molecule has 1 atom stereocenters. The van der Waals surface area contributed by atoms with E-state index in [-0.39, 0.29) is 17.6 Å². The molecule has 3 aromatic rings. The molecule has 7 heteroatoms. The van der Waals surface area contributed by atoms with Gasteiger partial charge in [0.15, 0.2) is 0 Å². The lowest BCUT2D eigenvalue weighted by atomic mass is 10.1. The van der Waals surface area contributed by atoms with Crippen LogP contribution in [0.3, 0.4) is 0 Å². The lowest BCUT2D eigenvalue weighted by molar-refractivity contribution is 0.242. The van der Waals surface area contributed by atoms with E-state index in [4.69, 9.17) is 9.72 Å². The summed E-state index contributed by atoms with van der Waals surface area (Å²) >= 11 is 3.44. The van der Waals surface area contributed by atoms with E-state index >= 15 is 0 Å². The SMILES string of the molecule is CC[C@H](C)c1nc2ccc(Br)cc2c(=O)n1N=Cc1ccc(N(C)C)cc1OC(C)C. The molecule has 31 heavy (non-hydrogen) atoms. The van der Waals surface area contributed by atoms with Gasteiger partial charge in [0.2, 0.25) is 0 Å². The summed E-state index contributed by atoms with van der Waals surface area (Å²) in [4.78, 5) is 20.1. The Morgan fingerprint density at radius 2 is 1.94 bits per heavy atom. The summed E-state index contributed by atoms with van der Waals surface area (Å²) in [5.74, 6) is 1.45. The summed E-state index contributed by atoms with van der Waals surface area (Å²) in [7, 11) is 3.97. The molecule has 0 saturated carbocycles. The smallest absolute Gasteiger partial charge is 0.282 e. The highest BCUT2D eigenvalue weighted by Gasteiger charge is 2.16. The Bertz CT molecular complexity index is 1170. The van der Waals surface area contributed by atoms with Gasteiger partial charge in [-0.25, -0.2) is 4.98 Å². The van der Waals surface area contributed by atoms with E-state index in [1.807, 2.05) is 63.2 Å². The van der Waals surface area contributed by atoms with Gasteiger partial charge in [-0.3, -0.25) is 4.79 Å². The van der Waals surface area contributed by atoms with Crippen LogP contribution in [-0.2, 0) is 0 Å². The zero-order valence-electron chi connectivity index (χ0n) is 18.9. The van der Waals surface area contributed by atoms with Gasteiger partial charge in [-0.2, -0.15) is 9.78 Å². The van der Waals surface area contributed by atoms with Gasteiger partial charge in [-0.05, 0) is 50.6 Å². The van der Waals surface area contributed by atoms with Crippen molar-refractivity contribution in [1.29, 1.82) is 0 Å². The third-order valence-corrected chi connectivity index (χ3v) is 5.57. The van der Waals surface area contributed by atoms with Gasteiger partial charge < -0.3 is 9.64 Å². The highest BCUT2D eigenvalue weighted by Crippen LogP contribution is 2.25. The largest absolute Gasteiger partial charge is 0.490 e. The van der Waals surface area contributed by atoms with Crippen molar-refractivity contribution < 1.29 is 4.74 Å². The number of hydrogen-bond acceptors (Lipinski definition) is 5. The molecule has 0 bridgehead atoms. The average Bonchev–Trinajstić information content (AvgIpc) is 2.73. The fourth-order valence-electron chi connectivity index (χ4n) is 3.16. The molecule has 0 amide bonds. The minimum atomic E-state index is -0.186. The fourth-order valence-corrected chi connectivity index (χ4v) is 3.52. The monoisotopic (exact) mass is 484 g/mol. The molecule has 0 fully saturated rings. The van der Waals surface area contributed by atoms with E-state index in [9.17, 15) is 4.79 Å². The maximum atomic E-state index is 13.3. The molecule has 1 heterocycles. The predicted molar refractivity (Wildman–Crippen MR) is 132 cm³/mol. The number of nitrogens with zero attached hydrogens (tertiary/aromatic N) is 4. The van der Waals surface area contributed by atoms with Crippen molar-refractivity contribution in [2.24, 2.45) is 5.10 Å². The second-order valence-electron chi connectivity index (χ2n) is 8.09. The van der Waals surface area contributed by atoms with E-state index in [1.54, 1.807) is 12.3 Å². The Hall–Kier alpha value is -2.67. The quantitative estimate of drug-likeness (QED) is 0.420. The Morgan fingerprint density at radius 3 is 2.58 bits per heavy atom. The maximum absolute atomic E-state index is 13.3. The average molecular weight is 485 g/mol. The third-order valence-electron chi connectivity index (χ3n) is 5.08. The fraction of sp³-hybridized carbons (Fsp3) is 0.375. The van der Waals surface area contributed by atoms with Crippen molar-refractivity contribution >= 4 is 38.7 Å². The summed E-state index contributed by atoms with van der Waals surface area (Å²) < 4.78 is 8.26. The van der Waals surface area contributed by atoms with Crippen LogP contribution in [0.15, 0.2) is 50.8 Å². The normalized spacial score (nSPS) is 12.6. The van der Waals surface area contributed by atoms with Crippen molar-refractivity contribution in [3.05, 3.63) is 62.6 Å². The molecule has 0 saturated heterocycles. The van der Waals surface area contributed by atoms with Gasteiger partial charge in [0.05, 0.1) is 23.2 Å². The number of rotatable bonds is 7. The van der Waals surface area contributed by atoms with Crippen molar-refractivity contribution in [2.45, 2.75) is 46.1 Å². The van der Waals surface area contributed by atoms with Gasteiger partial charge in [0.25, 0.3) is 5.56 Å². The van der Waals surface area contributed by atoms with Crippen LogP contribution in [0.5, 0.6) is 5.75 Å². The highest BCUT2D eigenvalue weighted by molar-refractivity contribution is 9.10. The zero-order valence-corrected chi connectivity index (χ0v) is 20.5. The summed E-state index contributed by atoms with van der Waals surface area (Å²) in [6, 6.07) is 11.5. The molecule has 6 nitrogen and oxygen atoms in total. The number of anilines is 1. The standard InChI is InChI=1S/C24H29BrN4O2/c1-7-16(4)23-27-21-11-9-18(25)12-20(21)24(30)29(23)26-14-17-8-10-19(28(5)6)13-22(17)31-15(2)3/h8-16H,7H2,1-6H3/t16-/m0/s1. The van der Waals surface area contributed by atoms with Gasteiger partial charge in [0.1, 0.15) is 11.6 Å². The predicted octanol–water partition coefficient (Wildman–Crippen LogP) is 5.41. The molecule has 3 rings (SSSR count). The Kier molecular flexibility index (Phi) is 7.15. The molecule has 0 aliphatic carbocycles. The van der Waals surface area contributed by atoms with Crippen LogP contribution < -0.4 is 15.2 Å². The number of benzene rings is 2. The Morgan fingerprint density at radius 1 is 1.19 bits per heavy atom. The summed E-state index contributed by atoms with van der Waals surface area (Å²) in [5, 5.41) is 5.10. The van der Waals surface area contributed by atoms with Gasteiger partial charge in [-0.15, -0.1) is 0 Å². The van der Waals surface area contributed by atoms with Crippen LogP contribution in [-0.4, -0.2) is 36.1 Å². The Labute approximate surface area is 191 Å². The second-order valence-corrected chi connectivity index (χ2v) is 9.00. The highest BCUT2D eigenvalue weighted by atomic mass is 79.9. The first-order valence-electron chi connectivity index (χ1n) is 10.5. The first-order chi connectivity index (χ1) is 14.7. The van der Waals surface area contributed by atoms with E-state index in [0.717, 1.165) is 27.9 Å². The van der Waals surface area contributed by atoms with Gasteiger partial charge >= 0.3 is 0 Å². The third kappa shape index (κ3) is 5.15. The number of hydrogen-bond donors (Lipinski definition) is 0. The van der Waals surface area contributed by atoms with Crippen LogP contribution in [0.4, 0.5) is 5.69 Å². The maximum Gasteiger partial charge on any atom is 0.282 e. The van der Waals surface area contributed by atoms with Crippen molar-refractivity contribution in [3.8, 4) is 5.75 Å². The van der Waals surface area contributed by atoms with Crippen molar-refractivity contribution in [2.75, 3.05) is 19.0 Å². The van der Waals surface area contributed by atoms with Crippen molar-refractivity contribution in [3.63, 3.8) is 0 Å². The molecule has 1 aromatic heterocycles. The van der Waals surface area contributed by atoms with Crippen LogP contribution in [0.1, 0.15) is 51.4 Å². The van der Waals surface area contributed by atoms with Gasteiger partial charge in [-0.1, -0.05) is 29.8 Å². The van der Waals surface area contributed by atoms with E-state index < -0.39 is 0 Å². The number of halogens is 1. The molecule has 0 spiro atoms. The molecule has 2 aromatic carbocycles. The van der Waals surface area contributed by atoms with Crippen LogP contribution in [0, 0.1) is 0 Å². The molecule has 0 aliphatic rings. The number of aromatic nitrogens is 2. The number of fused-ring (bicyclic) bond motifs is 1. The van der Waals surface area contributed by atoms with E-state index in [0.29, 0.717) is 16.7 Å². The molecular weight excluding hydrogens is 456 g/mol.